The van der Waals surface area contributed by atoms with Crippen molar-refractivity contribution >= 4 is 28.9 Å². The molecule has 0 saturated carbocycles. The lowest BCUT2D eigenvalue weighted by molar-refractivity contribution is 0.0606. The van der Waals surface area contributed by atoms with Crippen molar-refractivity contribution in [1.82, 2.24) is 4.98 Å². The van der Waals surface area contributed by atoms with Crippen LogP contribution >= 0.6 is 22.9 Å². The molecule has 0 N–H and O–H groups in total. The van der Waals surface area contributed by atoms with Gasteiger partial charge in [-0.2, -0.15) is 0 Å². The Balaban J connectivity index is 2.70. The molecular weight excluding hydrogens is 222 g/mol. The summed E-state index contributed by atoms with van der Waals surface area (Å²) in [4.78, 5) is 15.5. The van der Waals surface area contributed by atoms with Gasteiger partial charge in [0, 0.05) is 12.3 Å². The molecule has 0 aromatic carbocycles. The Morgan fingerprint density at radius 1 is 1.79 bits per heavy atom. The van der Waals surface area contributed by atoms with Crippen LogP contribution in [0.5, 0.6) is 0 Å². The molecule has 74 valence electrons. The molecule has 1 rings (SSSR count). The molecule has 1 aromatic rings. The molecule has 0 radical (unpaired) electrons. The number of thiazole rings is 1. The topological polar surface area (TPSA) is 39.2 Å². The predicted molar refractivity (Wildman–Crippen MR) is 55.7 cm³/mol. The Morgan fingerprint density at radius 3 is 3.21 bits per heavy atom. The van der Waals surface area contributed by atoms with Crippen molar-refractivity contribution in [3.05, 3.63) is 16.1 Å². The lowest BCUT2D eigenvalue weighted by Gasteiger charge is -1.89. The van der Waals surface area contributed by atoms with Crippen LogP contribution in [0, 0.1) is 11.8 Å². The van der Waals surface area contributed by atoms with E-state index >= 15 is 0 Å². The first-order chi connectivity index (χ1) is 6.77. The second-order valence-corrected chi connectivity index (χ2v) is 3.67. The smallest absolute Gasteiger partial charge is 0.349 e. The van der Waals surface area contributed by atoms with E-state index < -0.39 is 0 Å². The van der Waals surface area contributed by atoms with Crippen LogP contribution in [0.25, 0.3) is 0 Å². The van der Waals surface area contributed by atoms with Crippen LogP contribution in [0.15, 0.2) is 6.20 Å². The summed E-state index contributed by atoms with van der Waals surface area (Å²) in [6.07, 6.45) is 2.08. The molecule has 0 aliphatic rings. The van der Waals surface area contributed by atoms with Crippen molar-refractivity contribution in [2.75, 3.05) is 13.0 Å². The summed E-state index contributed by atoms with van der Waals surface area (Å²) in [5.74, 6) is 5.77. The minimum absolute atomic E-state index is 0.382. The third-order valence-corrected chi connectivity index (χ3v) is 2.39. The molecule has 0 aliphatic carbocycles. The maximum Gasteiger partial charge on any atom is 0.349 e. The van der Waals surface area contributed by atoms with Crippen LogP contribution in [0.1, 0.15) is 21.1 Å². The Kier molecular flexibility index (Phi) is 4.44. The van der Waals surface area contributed by atoms with E-state index in [-0.39, 0.29) is 5.97 Å². The van der Waals surface area contributed by atoms with E-state index in [9.17, 15) is 4.79 Å². The van der Waals surface area contributed by atoms with Crippen molar-refractivity contribution in [3.8, 4) is 11.8 Å². The number of hydrogen-bond acceptors (Lipinski definition) is 4. The Hall–Kier alpha value is -1.05. The molecule has 1 aromatic heterocycles. The van der Waals surface area contributed by atoms with Crippen LogP contribution in [0.4, 0.5) is 0 Å². The summed E-state index contributed by atoms with van der Waals surface area (Å²) in [6, 6.07) is 0. The quantitative estimate of drug-likeness (QED) is 0.442. The number of hydrogen-bond donors (Lipinski definition) is 0. The molecule has 14 heavy (non-hydrogen) atoms. The van der Waals surface area contributed by atoms with E-state index in [0.717, 1.165) is 0 Å². The van der Waals surface area contributed by atoms with Gasteiger partial charge in [0.1, 0.15) is 4.88 Å². The van der Waals surface area contributed by atoms with Gasteiger partial charge in [-0.1, -0.05) is 17.3 Å². The largest absolute Gasteiger partial charge is 0.465 e. The maximum absolute atomic E-state index is 11.0. The van der Waals surface area contributed by atoms with Crippen LogP contribution < -0.4 is 0 Å². The van der Waals surface area contributed by atoms with E-state index in [1.807, 2.05) is 0 Å². The van der Waals surface area contributed by atoms with Gasteiger partial charge in [-0.25, -0.2) is 9.78 Å². The van der Waals surface area contributed by atoms with Gasteiger partial charge in [0.05, 0.1) is 13.3 Å². The number of nitrogens with zero attached hydrogens (tertiary/aromatic N) is 1. The van der Waals surface area contributed by atoms with Crippen molar-refractivity contribution < 1.29 is 9.53 Å². The summed E-state index contributed by atoms with van der Waals surface area (Å²) >= 11 is 6.67. The predicted octanol–water partition coefficient (Wildman–Crippen LogP) is 1.91. The van der Waals surface area contributed by atoms with E-state index in [1.165, 1.54) is 24.6 Å². The number of rotatable bonds is 2. The van der Waals surface area contributed by atoms with Gasteiger partial charge in [-0.3, -0.25) is 0 Å². The molecule has 5 heteroatoms. The number of halogens is 1. The van der Waals surface area contributed by atoms with Gasteiger partial charge in [0.25, 0.3) is 0 Å². The molecule has 0 unspecified atom stereocenters. The number of carbonyl (C=O) groups is 1. The van der Waals surface area contributed by atoms with Gasteiger partial charge >= 0.3 is 5.97 Å². The fourth-order valence-corrected chi connectivity index (χ4v) is 1.52. The first-order valence-electron chi connectivity index (χ1n) is 3.87. The molecular formula is C9H8ClNO2S. The van der Waals surface area contributed by atoms with Gasteiger partial charge in [-0.15, -0.1) is 11.6 Å². The summed E-state index contributed by atoms with van der Waals surface area (Å²) in [5.41, 5.74) is 0. The molecule has 0 atom stereocenters. The van der Waals surface area contributed by atoms with Gasteiger partial charge in [-0.05, 0) is 5.92 Å². The van der Waals surface area contributed by atoms with Crippen molar-refractivity contribution in [2.45, 2.75) is 6.42 Å². The van der Waals surface area contributed by atoms with Gasteiger partial charge in [0.15, 0.2) is 5.01 Å². The normalized spacial score (nSPS) is 9.00. The van der Waals surface area contributed by atoms with Crippen molar-refractivity contribution in [3.63, 3.8) is 0 Å². The zero-order chi connectivity index (χ0) is 10.4. The highest BCUT2D eigenvalue weighted by Crippen LogP contribution is 2.12. The highest BCUT2D eigenvalue weighted by molar-refractivity contribution is 7.14. The van der Waals surface area contributed by atoms with Gasteiger partial charge in [0.2, 0.25) is 0 Å². The summed E-state index contributed by atoms with van der Waals surface area (Å²) < 4.78 is 4.54. The third-order valence-electron chi connectivity index (χ3n) is 1.31. The summed E-state index contributed by atoms with van der Waals surface area (Å²) in [6.45, 7) is 0. The lowest BCUT2D eigenvalue weighted by Crippen LogP contribution is -1.96. The first-order valence-corrected chi connectivity index (χ1v) is 5.22. The van der Waals surface area contributed by atoms with Crippen LogP contribution in [-0.2, 0) is 4.74 Å². The maximum atomic E-state index is 11.0. The highest BCUT2D eigenvalue weighted by atomic mass is 35.5. The molecule has 0 fully saturated rings. The zero-order valence-electron chi connectivity index (χ0n) is 7.54. The highest BCUT2D eigenvalue weighted by Gasteiger charge is 2.08. The number of carbonyl (C=O) groups excluding carboxylic acids is 1. The van der Waals surface area contributed by atoms with E-state index in [4.69, 9.17) is 11.6 Å². The van der Waals surface area contributed by atoms with E-state index in [0.29, 0.717) is 22.2 Å². The van der Waals surface area contributed by atoms with Crippen LogP contribution in [0.2, 0.25) is 0 Å². The zero-order valence-corrected chi connectivity index (χ0v) is 9.11. The molecule has 0 aliphatic heterocycles. The van der Waals surface area contributed by atoms with Crippen molar-refractivity contribution in [1.29, 1.82) is 0 Å². The first kappa shape index (κ1) is 11.0. The molecule has 0 bridgehead atoms. The number of esters is 1. The molecule has 0 amide bonds. The standard InChI is InChI=1S/C9H8ClNO2S/c1-13-9(12)7-6-11-8(14-7)4-2-3-5-10/h6H,3,5H2,1H3. The third kappa shape index (κ3) is 3.02. The van der Waals surface area contributed by atoms with Crippen LogP contribution in [-0.4, -0.2) is 23.9 Å². The number of aromatic nitrogens is 1. The fourth-order valence-electron chi connectivity index (χ4n) is 0.712. The average Bonchev–Trinajstić information content (AvgIpc) is 2.66. The number of ether oxygens (including phenoxy) is 1. The van der Waals surface area contributed by atoms with E-state index in [1.54, 1.807) is 0 Å². The number of alkyl halides is 1. The SMILES string of the molecule is COC(=O)c1cnc(C#CCCCl)s1. The summed E-state index contributed by atoms with van der Waals surface area (Å²) in [5, 5.41) is 0.607. The van der Waals surface area contributed by atoms with E-state index in [2.05, 4.69) is 21.6 Å². The Bertz CT molecular complexity index is 378. The number of methoxy groups -OCH3 is 1. The Labute approximate surface area is 91.1 Å². The monoisotopic (exact) mass is 229 g/mol. The minimum Gasteiger partial charge on any atom is -0.465 e. The van der Waals surface area contributed by atoms with Gasteiger partial charge < -0.3 is 4.74 Å². The van der Waals surface area contributed by atoms with Crippen LogP contribution in [0.3, 0.4) is 0 Å². The average molecular weight is 230 g/mol. The molecule has 0 saturated heterocycles. The molecule has 3 nitrogen and oxygen atoms in total. The fraction of sp³-hybridized carbons (Fsp3) is 0.333. The Morgan fingerprint density at radius 2 is 2.57 bits per heavy atom. The minimum atomic E-state index is -0.382. The second kappa shape index (κ2) is 5.63. The molecule has 1 heterocycles. The summed E-state index contributed by atoms with van der Waals surface area (Å²) in [7, 11) is 1.33. The lowest BCUT2D eigenvalue weighted by atomic mass is 10.5. The van der Waals surface area contributed by atoms with Crippen molar-refractivity contribution in [2.24, 2.45) is 0 Å². The molecule has 0 spiro atoms. The second-order valence-electron chi connectivity index (χ2n) is 2.26.